The normalized spacial score (nSPS) is 22.1. The second-order valence-electron chi connectivity index (χ2n) is 6.04. The van der Waals surface area contributed by atoms with E-state index in [0.717, 1.165) is 13.0 Å². The molecule has 2 amide bonds. The quantitative estimate of drug-likeness (QED) is 0.743. The summed E-state index contributed by atoms with van der Waals surface area (Å²) in [7, 11) is 0. The minimum Gasteiger partial charge on any atom is -0.390 e. The van der Waals surface area contributed by atoms with Gasteiger partial charge >= 0.3 is 6.03 Å². The number of halogens is 2. The van der Waals surface area contributed by atoms with Gasteiger partial charge < -0.3 is 15.7 Å². The molecular formula is C16H23F2N3O2. The molecule has 0 radical (unpaired) electrons. The van der Waals surface area contributed by atoms with E-state index in [0.29, 0.717) is 12.6 Å². The molecule has 1 aliphatic heterocycles. The third-order valence-corrected chi connectivity index (χ3v) is 4.01. The summed E-state index contributed by atoms with van der Waals surface area (Å²) in [6.07, 6.45) is 0.774. The SMILES string of the molecule is C[C@H]1C[C@H](NC(=O)NCC(F)(F)CO)CN1Cc1ccccc1. The summed E-state index contributed by atoms with van der Waals surface area (Å²) in [6, 6.07) is 9.65. The van der Waals surface area contributed by atoms with E-state index in [4.69, 9.17) is 5.11 Å². The molecule has 5 nitrogen and oxygen atoms in total. The van der Waals surface area contributed by atoms with Crippen molar-refractivity contribution >= 4 is 6.03 Å². The van der Waals surface area contributed by atoms with E-state index < -0.39 is 25.1 Å². The van der Waals surface area contributed by atoms with Gasteiger partial charge in [-0.15, -0.1) is 0 Å². The zero-order valence-corrected chi connectivity index (χ0v) is 13.1. The third-order valence-electron chi connectivity index (χ3n) is 4.01. The van der Waals surface area contributed by atoms with Crippen molar-refractivity contribution in [3.05, 3.63) is 35.9 Å². The Morgan fingerprint density at radius 3 is 2.74 bits per heavy atom. The number of nitrogens with one attached hydrogen (secondary N) is 2. The molecular weight excluding hydrogens is 304 g/mol. The minimum absolute atomic E-state index is 0.0727. The zero-order chi connectivity index (χ0) is 16.9. The molecule has 1 fully saturated rings. The second kappa shape index (κ2) is 7.70. The number of hydrogen-bond donors (Lipinski definition) is 3. The number of aliphatic hydroxyl groups is 1. The number of benzene rings is 1. The summed E-state index contributed by atoms with van der Waals surface area (Å²) in [6.45, 7) is 1.41. The number of hydrogen-bond acceptors (Lipinski definition) is 3. The van der Waals surface area contributed by atoms with Gasteiger partial charge in [0, 0.05) is 25.2 Å². The van der Waals surface area contributed by atoms with Crippen LogP contribution < -0.4 is 10.6 Å². The fraction of sp³-hybridized carbons (Fsp3) is 0.562. The number of rotatable bonds is 6. The first-order valence-corrected chi connectivity index (χ1v) is 7.70. The Morgan fingerprint density at radius 1 is 1.39 bits per heavy atom. The molecule has 0 aromatic heterocycles. The minimum atomic E-state index is -3.29. The fourth-order valence-corrected chi connectivity index (χ4v) is 2.74. The Morgan fingerprint density at radius 2 is 2.09 bits per heavy atom. The molecule has 0 aliphatic carbocycles. The fourth-order valence-electron chi connectivity index (χ4n) is 2.74. The van der Waals surface area contributed by atoms with Gasteiger partial charge in [-0.2, -0.15) is 0 Å². The van der Waals surface area contributed by atoms with Crippen LogP contribution in [0, 0.1) is 0 Å². The van der Waals surface area contributed by atoms with Crippen molar-refractivity contribution in [2.45, 2.75) is 37.9 Å². The summed E-state index contributed by atoms with van der Waals surface area (Å²) >= 11 is 0. The van der Waals surface area contributed by atoms with E-state index in [1.807, 2.05) is 18.2 Å². The Balaban J connectivity index is 1.78. The first-order chi connectivity index (χ1) is 10.9. The number of alkyl halides is 2. The Labute approximate surface area is 134 Å². The Bertz CT molecular complexity index is 513. The third kappa shape index (κ3) is 5.44. The van der Waals surface area contributed by atoms with Gasteiger partial charge in [-0.3, -0.25) is 4.90 Å². The molecule has 1 aromatic carbocycles. The summed E-state index contributed by atoms with van der Waals surface area (Å²) in [5, 5.41) is 13.3. The summed E-state index contributed by atoms with van der Waals surface area (Å²) in [5.74, 6) is -3.29. The van der Waals surface area contributed by atoms with Crippen molar-refractivity contribution in [3.8, 4) is 0 Å². The van der Waals surface area contributed by atoms with Crippen LogP contribution in [0.2, 0.25) is 0 Å². The molecule has 2 rings (SSSR count). The zero-order valence-electron chi connectivity index (χ0n) is 13.1. The molecule has 3 N–H and O–H groups in total. The monoisotopic (exact) mass is 327 g/mol. The van der Waals surface area contributed by atoms with E-state index in [9.17, 15) is 13.6 Å². The van der Waals surface area contributed by atoms with Gasteiger partial charge in [0.15, 0.2) is 0 Å². The van der Waals surface area contributed by atoms with Crippen molar-refractivity contribution < 1.29 is 18.7 Å². The lowest BCUT2D eigenvalue weighted by atomic mass is 10.2. The number of nitrogens with zero attached hydrogens (tertiary/aromatic N) is 1. The topological polar surface area (TPSA) is 64.6 Å². The average Bonchev–Trinajstić information content (AvgIpc) is 2.86. The lowest BCUT2D eigenvalue weighted by molar-refractivity contribution is -0.0454. The average molecular weight is 327 g/mol. The maximum Gasteiger partial charge on any atom is 0.315 e. The van der Waals surface area contributed by atoms with Crippen LogP contribution in [0.1, 0.15) is 18.9 Å². The molecule has 0 bridgehead atoms. The van der Waals surface area contributed by atoms with Crippen LogP contribution in [0.4, 0.5) is 13.6 Å². The number of likely N-dealkylation sites (tertiary alicyclic amines) is 1. The molecule has 1 aliphatic rings. The summed E-state index contributed by atoms with van der Waals surface area (Å²) in [4.78, 5) is 13.9. The second-order valence-corrected chi connectivity index (χ2v) is 6.04. The van der Waals surface area contributed by atoms with Crippen molar-refractivity contribution in [3.63, 3.8) is 0 Å². The summed E-state index contributed by atoms with van der Waals surface area (Å²) in [5.41, 5.74) is 1.20. The van der Waals surface area contributed by atoms with Gasteiger partial charge in [-0.05, 0) is 18.9 Å². The highest BCUT2D eigenvalue weighted by Crippen LogP contribution is 2.20. The predicted molar refractivity (Wildman–Crippen MR) is 83.3 cm³/mol. The maximum absolute atomic E-state index is 12.9. The van der Waals surface area contributed by atoms with E-state index >= 15 is 0 Å². The number of carbonyl (C=O) groups is 1. The van der Waals surface area contributed by atoms with Crippen molar-refractivity contribution in [2.24, 2.45) is 0 Å². The van der Waals surface area contributed by atoms with Gasteiger partial charge in [0.2, 0.25) is 0 Å². The molecule has 23 heavy (non-hydrogen) atoms. The van der Waals surface area contributed by atoms with Crippen LogP contribution in [0.3, 0.4) is 0 Å². The van der Waals surface area contributed by atoms with Gasteiger partial charge in [0.25, 0.3) is 5.92 Å². The van der Waals surface area contributed by atoms with Crippen LogP contribution in [-0.2, 0) is 6.54 Å². The van der Waals surface area contributed by atoms with Gasteiger partial charge in [0.1, 0.15) is 6.61 Å². The van der Waals surface area contributed by atoms with Crippen LogP contribution in [0.25, 0.3) is 0 Å². The van der Waals surface area contributed by atoms with E-state index in [2.05, 4.69) is 34.6 Å². The van der Waals surface area contributed by atoms with Crippen molar-refractivity contribution in [1.29, 1.82) is 0 Å². The number of amides is 2. The highest BCUT2D eigenvalue weighted by molar-refractivity contribution is 5.74. The maximum atomic E-state index is 12.9. The predicted octanol–water partition coefficient (Wildman–Crippen LogP) is 1.58. The molecule has 0 unspecified atom stereocenters. The molecule has 0 saturated carbocycles. The van der Waals surface area contributed by atoms with Gasteiger partial charge in [-0.25, -0.2) is 13.6 Å². The molecule has 1 saturated heterocycles. The molecule has 0 spiro atoms. The number of aliphatic hydroxyl groups excluding tert-OH is 1. The van der Waals surface area contributed by atoms with Gasteiger partial charge in [-0.1, -0.05) is 30.3 Å². The lowest BCUT2D eigenvalue weighted by Crippen LogP contribution is -2.47. The van der Waals surface area contributed by atoms with E-state index in [-0.39, 0.29) is 6.04 Å². The first-order valence-electron chi connectivity index (χ1n) is 7.70. The lowest BCUT2D eigenvalue weighted by Gasteiger charge is -2.21. The largest absolute Gasteiger partial charge is 0.390 e. The molecule has 2 atom stereocenters. The first kappa shape index (κ1) is 17.6. The smallest absolute Gasteiger partial charge is 0.315 e. The highest BCUT2D eigenvalue weighted by atomic mass is 19.3. The molecule has 7 heteroatoms. The number of carbonyl (C=O) groups excluding carboxylic acids is 1. The van der Waals surface area contributed by atoms with Crippen molar-refractivity contribution in [2.75, 3.05) is 19.7 Å². The Kier molecular flexibility index (Phi) is 5.90. The van der Waals surface area contributed by atoms with Crippen LogP contribution >= 0.6 is 0 Å². The van der Waals surface area contributed by atoms with Crippen LogP contribution in [0.15, 0.2) is 30.3 Å². The van der Waals surface area contributed by atoms with Crippen LogP contribution in [0.5, 0.6) is 0 Å². The summed E-state index contributed by atoms with van der Waals surface area (Å²) < 4.78 is 25.8. The highest BCUT2D eigenvalue weighted by Gasteiger charge is 2.31. The van der Waals surface area contributed by atoms with Crippen molar-refractivity contribution in [1.82, 2.24) is 15.5 Å². The van der Waals surface area contributed by atoms with Gasteiger partial charge in [0.05, 0.1) is 6.54 Å². The molecule has 1 heterocycles. The number of urea groups is 1. The molecule has 128 valence electrons. The van der Waals surface area contributed by atoms with E-state index in [1.165, 1.54) is 5.56 Å². The standard InChI is InChI=1S/C16H23F2N3O2/c1-12-7-14(20-15(23)19-10-16(17,18)11-22)9-21(12)8-13-5-3-2-4-6-13/h2-6,12,14,22H,7-11H2,1H3,(H2,19,20,23)/t12-,14-/m0/s1. The van der Waals surface area contributed by atoms with Crippen LogP contribution in [-0.4, -0.2) is 53.7 Å². The Hall–Kier alpha value is -1.73. The molecule has 1 aromatic rings. The van der Waals surface area contributed by atoms with E-state index in [1.54, 1.807) is 0 Å².